The van der Waals surface area contributed by atoms with Crippen molar-refractivity contribution in [3.63, 3.8) is 0 Å². The van der Waals surface area contributed by atoms with E-state index in [2.05, 4.69) is 27.2 Å². The number of carbonyl (C=O) groups excluding carboxylic acids is 1. The number of benzene rings is 2. The van der Waals surface area contributed by atoms with Crippen LogP contribution in [0.4, 0.5) is 11.4 Å². The molecule has 2 aromatic rings. The van der Waals surface area contributed by atoms with Crippen LogP contribution in [0, 0.1) is 16.0 Å². The van der Waals surface area contributed by atoms with Crippen molar-refractivity contribution in [3.05, 3.63) is 68.7 Å². The van der Waals surface area contributed by atoms with E-state index in [0.29, 0.717) is 6.42 Å². The minimum Gasteiger partial charge on any atom is -0.365 e. The van der Waals surface area contributed by atoms with Crippen molar-refractivity contribution < 1.29 is 9.72 Å². The molecule has 2 fully saturated rings. The van der Waals surface area contributed by atoms with Gasteiger partial charge in [0, 0.05) is 55.1 Å². The summed E-state index contributed by atoms with van der Waals surface area (Å²) in [5.74, 6) is -0.142. The Bertz CT molecular complexity index is 1050. The molecule has 0 bridgehead atoms. The van der Waals surface area contributed by atoms with Crippen molar-refractivity contribution in [1.29, 1.82) is 0 Å². The first kappa shape index (κ1) is 23.1. The molecule has 3 aliphatic rings. The van der Waals surface area contributed by atoms with Gasteiger partial charge in [-0.1, -0.05) is 43.0 Å². The molecule has 2 aliphatic heterocycles. The Labute approximate surface area is 205 Å². The van der Waals surface area contributed by atoms with E-state index in [1.165, 1.54) is 12.0 Å². The van der Waals surface area contributed by atoms with Crippen molar-refractivity contribution in [2.75, 3.05) is 24.5 Å². The standard InChI is InChI=1S/C26H31ClN4O3/c27-20-8-6-18(7-9-20)16-29-12-13-30-24-11-10-22(31(33)34)14-19(24)15-23(25(30)17-29)26(32)28-21-4-2-1-3-5-21/h6-11,14,21,23,25H,1-5,12-13,15-17H2,(H,28,32). The van der Waals surface area contributed by atoms with Crippen LogP contribution in [-0.2, 0) is 17.8 Å². The van der Waals surface area contributed by atoms with Gasteiger partial charge in [-0.05, 0) is 48.6 Å². The summed E-state index contributed by atoms with van der Waals surface area (Å²) in [6.07, 6.45) is 6.17. The second kappa shape index (κ2) is 9.92. The predicted octanol–water partition coefficient (Wildman–Crippen LogP) is 4.56. The summed E-state index contributed by atoms with van der Waals surface area (Å²) in [4.78, 5) is 29.3. The number of amides is 1. The highest BCUT2D eigenvalue weighted by atomic mass is 35.5. The molecule has 2 aromatic carbocycles. The molecule has 2 atom stereocenters. The Kier molecular flexibility index (Phi) is 6.75. The van der Waals surface area contributed by atoms with E-state index in [-0.39, 0.29) is 34.5 Å². The molecule has 1 aliphatic carbocycles. The Morgan fingerprint density at radius 3 is 2.59 bits per heavy atom. The zero-order valence-electron chi connectivity index (χ0n) is 19.3. The number of nitro groups is 1. The molecule has 2 heterocycles. The number of piperazine rings is 1. The van der Waals surface area contributed by atoms with Gasteiger partial charge in [-0.15, -0.1) is 0 Å². The van der Waals surface area contributed by atoms with Gasteiger partial charge in [0.1, 0.15) is 0 Å². The van der Waals surface area contributed by atoms with Gasteiger partial charge in [-0.2, -0.15) is 0 Å². The molecule has 7 nitrogen and oxygen atoms in total. The van der Waals surface area contributed by atoms with Crippen molar-refractivity contribution in [1.82, 2.24) is 10.2 Å². The monoisotopic (exact) mass is 482 g/mol. The van der Waals surface area contributed by atoms with Crippen LogP contribution in [0.5, 0.6) is 0 Å². The highest BCUT2D eigenvalue weighted by Gasteiger charge is 2.42. The fourth-order valence-electron chi connectivity index (χ4n) is 5.83. The average molecular weight is 483 g/mol. The molecule has 1 saturated carbocycles. The van der Waals surface area contributed by atoms with Gasteiger partial charge >= 0.3 is 0 Å². The van der Waals surface area contributed by atoms with Crippen LogP contribution in [0.15, 0.2) is 42.5 Å². The van der Waals surface area contributed by atoms with Crippen molar-refractivity contribution in [2.45, 2.75) is 57.2 Å². The topological polar surface area (TPSA) is 78.7 Å². The minimum atomic E-state index is -0.354. The van der Waals surface area contributed by atoms with Crippen LogP contribution < -0.4 is 10.2 Å². The first-order valence-corrected chi connectivity index (χ1v) is 12.7. The van der Waals surface area contributed by atoms with Crippen molar-refractivity contribution in [2.24, 2.45) is 5.92 Å². The first-order chi connectivity index (χ1) is 16.5. The second-order valence-corrected chi connectivity index (χ2v) is 10.3. The summed E-state index contributed by atoms with van der Waals surface area (Å²) < 4.78 is 0. The van der Waals surface area contributed by atoms with Crippen LogP contribution in [0.2, 0.25) is 5.02 Å². The van der Waals surface area contributed by atoms with Gasteiger partial charge in [0.25, 0.3) is 5.69 Å². The molecule has 0 spiro atoms. The Morgan fingerprint density at radius 1 is 1.09 bits per heavy atom. The number of halogens is 1. The van der Waals surface area contributed by atoms with Gasteiger partial charge in [-0.25, -0.2) is 0 Å². The smallest absolute Gasteiger partial charge is 0.269 e. The minimum absolute atomic E-state index is 0.0404. The van der Waals surface area contributed by atoms with E-state index in [1.54, 1.807) is 12.1 Å². The van der Waals surface area contributed by atoms with E-state index in [4.69, 9.17) is 11.6 Å². The summed E-state index contributed by atoms with van der Waals surface area (Å²) in [5, 5.41) is 15.4. The zero-order valence-corrected chi connectivity index (χ0v) is 20.0. The maximum atomic E-state index is 13.5. The summed E-state index contributed by atoms with van der Waals surface area (Å²) in [6.45, 7) is 3.25. The first-order valence-electron chi connectivity index (χ1n) is 12.3. The maximum absolute atomic E-state index is 13.5. The van der Waals surface area contributed by atoms with Crippen LogP contribution in [0.3, 0.4) is 0 Å². The third-order valence-electron chi connectivity index (χ3n) is 7.60. The van der Waals surface area contributed by atoms with Crippen LogP contribution >= 0.6 is 11.6 Å². The Balaban J connectivity index is 1.39. The lowest BCUT2D eigenvalue weighted by Crippen LogP contribution is -2.61. The number of rotatable bonds is 5. The lowest BCUT2D eigenvalue weighted by atomic mass is 9.82. The molecule has 1 saturated heterocycles. The lowest BCUT2D eigenvalue weighted by Gasteiger charge is -2.49. The fraction of sp³-hybridized carbons (Fsp3) is 0.500. The number of nitro benzene ring substituents is 1. The van der Waals surface area contributed by atoms with Gasteiger partial charge in [0.05, 0.1) is 16.9 Å². The zero-order chi connectivity index (χ0) is 23.7. The molecule has 5 rings (SSSR count). The number of anilines is 1. The summed E-state index contributed by atoms with van der Waals surface area (Å²) >= 11 is 6.05. The average Bonchev–Trinajstić information content (AvgIpc) is 2.85. The van der Waals surface area contributed by atoms with Crippen LogP contribution in [0.1, 0.15) is 43.2 Å². The SMILES string of the molecule is O=C(NC1CCCCC1)C1Cc2cc([N+](=O)[O-])ccc2N2CCN(Cc3ccc(Cl)cc3)CC12. The van der Waals surface area contributed by atoms with E-state index in [9.17, 15) is 14.9 Å². The molecule has 1 N–H and O–H groups in total. The number of nitrogens with zero attached hydrogens (tertiary/aromatic N) is 3. The third-order valence-corrected chi connectivity index (χ3v) is 7.85. The lowest BCUT2D eigenvalue weighted by molar-refractivity contribution is -0.384. The quantitative estimate of drug-likeness (QED) is 0.499. The van der Waals surface area contributed by atoms with E-state index >= 15 is 0 Å². The third kappa shape index (κ3) is 4.91. The maximum Gasteiger partial charge on any atom is 0.269 e. The molecule has 0 radical (unpaired) electrons. The molecule has 2 unspecified atom stereocenters. The number of non-ortho nitro benzene ring substituents is 1. The molecule has 1 amide bonds. The second-order valence-electron chi connectivity index (χ2n) is 9.85. The fourth-order valence-corrected chi connectivity index (χ4v) is 5.96. The molecule has 8 heteroatoms. The highest BCUT2D eigenvalue weighted by molar-refractivity contribution is 6.30. The molecule has 180 valence electrons. The molecule has 34 heavy (non-hydrogen) atoms. The van der Waals surface area contributed by atoms with Crippen LogP contribution in [0.25, 0.3) is 0 Å². The van der Waals surface area contributed by atoms with Crippen molar-refractivity contribution in [3.8, 4) is 0 Å². The van der Waals surface area contributed by atoms with Gasteiger partial charge < -0.3 is 10.2 Å². The summed E-state index contributed by atoms with van der Waals surface area (Å²) in [7, 11) is 0. The van der Waals surface area contributed by atoms with E-state index in [0.717, 1.165) is 68.1 Å². The van der Waals surface area contributed by atoms with Crippen molar-refractivity contribution >= 4 is 28.9 Å². The summed E-state index contributed by atoms with van der Waals surface area (Å²) in [5.41, 5.74) is 3.22. The Morgan fingerprint density at radius 2 is 1.85 bits per heavy atom. The highest BCUT2D eigenvalue weighted by Crippen LogP contribution is 2.38. The molecular formula is C26H31ClN4O3. The largest absolute Gasteiger partial charge is 0.365 e. The number of carbonyl (C=O) groups is 1. The van der Waals surface area contributed by atoms with E-state index < -0.39 is 0 Å². The van der Waals surface area contributed by atoms with Gasteiger partial charge in [0.15, 0.2) is 0 Å². The van der Waals surface area contributed by atoms with Crippen LogP contribution in [-0.4, -0.2) is 47.4 Å². The number of fused-ring (bicyclic) bond motifs is 3. The number of hydrogen-bond acceptors (Lipinski definition) is 5. The number of hydrogen-bond donors (Lipinski definition) is 1. The van der Waals surface area contributed by atoms with Gasteiger partial charge in [-0.3, -0.25) is 19.8 Å². The molecular weight excluding hydrogens is 452 g/mol. The van der Waals surface area contributed by atoms with Gasteiger partial charge in [0.2, 0.25) is 5.91 Å². The predicted molar refractivity (Wildman–Crippen MR) is 133 cm³/mol. The normalized spacial score (nSPS) is 23.1. The van der Waals surface area contributed by atoms with E-state index in [1.807, 2.05) is 18.2 Å². The molecule has 0 aromatic heterocycles. The Hall–Kier alpha value is -2.64. The summed E-state index contributed by atoms with van der Waals surface area (Å²) in [6, 6.07) is 13.3. The number of nitrogens with one attached hydrogen (secondary N) is 1.